The molecule has 0 spiro atoms. The van der Waals surface area contributed by atoms with E-state index in [1.54, 1.807) is 28.9 Å². The van der Waals surface area contributed by atoms with Crippen LogP contribution in [-0.4, -0.2) is 20.7 Å². The molecular weight excluding hydrogens is 464 g/mol. The van der Waals surface area contributed by atoms with Crippen molar-refractivity contribution in [2.45, 2.75) is 13.8 Å². The number of carbonyl (C=O) groups is 1. The van der Waals surface area contributed by atoms with E-state index in [-0.39, 0.29) is 11.7 Å². The van der Waals surface area contributed by atoms with E-state index in [0.717, 1.165) is 21.3 Å². The maximum Gasteiger partial charge on any atom is 0.295 e. The van der Waals surface area contributed by atoms with Crippen LogP contribution in [0.4, 0.5) is 5.69 Å². The number of aryl methyl sites for hydroxylation is 2. The van der Waals surface area contributed by atoms with Gasteiger partial charge in [-0.05, 0) is 73.5 Å². The zero-order valence-electron chi connectivity index (χ0n) is 16.4. The van der Waals surface area contributed by atoms with Crippen LogP contribution in [0.15, 0.2) is 71.2 Å². The van der Waals surface area contributed by atoms with Crippen LogP contribution in [-0.2, 0) is 0 Å². The standard InChI is InChI=1S/C23H18BrClN4O/c1-14-6-11-20(12-15(14)2)29-22(16-4-3-5-18(25)13-16)27-21(28-29)23(30)26-19-9-7-17(24)8-10-19/h3-13H,1-2H3,(H,26,30). The van der Waals surface area contributed by atoms with Crippen LogP contribution in [0.1, 0.15) is 21.7 Å². The first-order valence-corrected chi connectivity index (χ1v) is 10.5. The number of anilines is 1. The fourth-order valence-corrected chi connectivity index (χ4v) is 3.43. The minimum atomic E-state index is -0.386. The number of amides is 1. The van der Waals surface area contributed by atoms with E-state index < -0.39 is 0 Å². The minimum absolute atomic E-state index is 0.0751. The Morgan fingerprint density at radius 2 is 1.77 bits per heavy atom. The number of carbonyl (C=O) groups excluding carboxylic acids is 1. The highest BCUT2D eigenvalue weighted by Gasteiger charge is 2.19. The van der Waals surface area contributed by atoms with Gasteiger partial charge in [-0.25, -0.2) is 9.67 Å². The molecular formula is C23H18BrClN4O. The van der Waals surface area contributed by atoms with E-state index in [9.17, 15) is 4.79 Å². The number of rotatable bonds is 4. The minimum Gasteiger partial charge on any atom is -0.319 e. The first-order valence-electron chi connectivity index (χ1n) is 9.28. The van der Waals surface area contributed by atoms with Crippen LogP contribution in [0.3, 0.4) is 0 Å². The zero-order valence-corrected chi connectivity index (χ0v) is 18.7. The molecule has 1 aromatic heterocycles. The van der Waals surface area contributed by atoms with Gasteiger partial charge in [-0.3, -0.25) is 4.79 Å². The van der Waals surface area contributed by atoms with Gasteiger partial charge in [0.1, 0.15) is 0 Å². The molecule has 1 amide bonds. The van der Waals surface area contributed by atoms with E-state index >= 15 is 0 Å². The van der Waals surface area contributed by atoms with Crippen molar-refractivity contribution in [3.05, 3.63) is 93.2 Å². The maximum atomic E-state index is 12.8. The SMILES string of the molecule is Cc1ccc(-n2nc(C(=O)Nc3ccc(Br)cc3)nc2-c2cccc(Cl)c2)cc1C. The van der Waals surface area contributed by atoms with Crippen LogP contribution in [0.2, 0.25) is 5.02 Å². The van der Waals surface area contributed by atoms with Crippen molar-refractivity contribution < 1.29 is 4.79 Å². The Balaban J connectivity index is 1.77. The summed E-state index contributed by atoms with van der Waals surface area (Å²) in [5.74, 6) is 0.232. The first kappa shape index (κ1) is 20.3. The first-order chi connectivity index (χ1) is 14.4. The lowest BCUT2D eigenvalue weighted by Crippen LogP contribution is -2.14. The highest BCUT2D eigenvalue weighted by Crippen LogP contribution is 2.25. The van der Waals surface area contributed by atoms with Crippen LogP contribution in [0.5, 0.6) is 0 Å². The third kappa shape index (κ3) is 4.30. The Morgan fingerprint density at radius 1 is 1.00 bits per heavy atom. The summed E-state index contributed by atoms with van der Waals surface area (Å²) >= 11 is 9.57. The molecule has 30 heavy (non-hydrogen) atoms. The van der Waals surface area contributed by atoms with Crippen LogP contribution < -0.4 is 5.32 Å². The summed E-state index contributed by atoms with van der Waals surface area (Å²) in [6, 6.07) is 20.7. The van der Waals surface area contributed by atoms with Gasteiger partial charge < -0.3 is 5.32 Å². The summed E-state index contributed by atoms with van der Waals surface area (Å²) in [6.07, 6.45) is 0. The normalized spacial score (nSPS) is 10.8. The molecule has 0 aliphatic heterocycles. The van der Waals surface area contributed by atoms with Crippen molar-refractivity contribution in [2.75, 3.05) is 5.32 Å². The lowest BCUT2D eigenvalue weighted by atomic mass is 10.1. The van der Waals surface area contributed by atoms with Gasteiger partial charge >= 0.3 is 0 Å². The van der Waals surface area contributed by atoms with Gasteiger partial charge in [-0.1, -0.05) is 45.7 Å². The predicted octanol–water partition coefficient (Wildman–Crippen LogP) is 6.22. The molecule has 1 N–H and O–H groups in total. The Bertz CT molecular complexity index is 1230. The summed E-state index contributed by atoms with van der Waals surface area (Å²) < 4.78 is 2.61. The molecule has 5 nitrogen and oxygen atoms in total. The van der Waals surface area contributed by atoms with Crippen molar-refractivity contribution in [1.82, 2.24) is 14.8 Å². The van der Waals surface area contributed by atoms with Crippen LogP contribution in [0.25, 0.3) is 17.1 Å². The topological polar surface area (TPSA) is 59.8 Å². The average Bonchev–Trinajstić information content (AvgIpc) is 3.17. The molecule has 0 atom stereocenters. The van der Waals surface area contributed by atoms with Gasteiger partial charge in [0.25, 0.3) is 5.91 Å². The van der Waals surface area contributed by atoms with Gasteiger partial charge in [0.05, 0.1) is 5.69 Å². The molecule has 0 saturated heterocycles. The number of hydrogen-bond donors (Lipinski definition) is 1. The van der Waals surface area contributed by atoms with Crippen molar-refractivity contribution in [3.8, 4) is 17.1 Å². The van der Waals surface area contributed by atoms with Crippen molar-refractivity contribution >= 4 is 39.1 Å². The van der Waals surface area contributed by atoms with E-state index in [4.69, 9.17) is 11.6 Å². The lowest BCUT2D eigenvalue weighted by Gasteiger charge is -2.08. The predicted molar refractivity (Wildman–Crippen MR) is 123 cm³/mol. The van der Waals surface area contributed by atoms with Crippen molar-refractivity contribution in [1.29, 1.82) is 0 Å². The van der Waals surface area contributed by atoms with Gasteiger partial charge in [-0.2, -0.15) is 0 Å². The van der Waals surface area contributed by atoms with Crippen molar-refractivity contribution in [3.63, 3.8) is 0 Å². The summed E-state index contributed by atoms with van der Waals surface area (Å²) in [5, 5.41) is 7.93. The van der Waals surface area contributed by atoms with Gasteiger partial charge in [0.15, 0.2) is 5.82 Å². The number of hydrogen-bond acceptors (Lipinski definition) is 3. The monoisotopic (exact) mass is 480 g/mol. The maximum absolute atomic E-state index is 12.8. The third-order valence-electron chi connectivity index (χ3n) is 4.73. The molecule has 4 rings (SSSR count). The summed E-state index contributed by atoms with van der Waals surface area (Å²) in [5.41, 5.74) is 4.56. The second kappa shape index (κ2) is 8.42. The molecule has 0 saturated carbocycles. The molecule has 1 heterocycles. The molecule has 3 aromatic carbocycles. The number of nitrogens with zero attached hydrogens (tertiary/aromatic N) is 3. The third-order valence-corrected chi connectivity index (χ3v) is 5.49. The smallest absolute Gasteiger partial charge is 0.295 e. The summed E-state index contributed by atoms with van der Waals surface area (Å²) in [7, 11) is 0. The fourth-order valence-electron chi connectivity index (χ4n) is 2.98. The van der Waals surface area contributed by atoms with Gasteiger partial charge in [0.2, 0.25) is 5.82 Å². The second-order valence-electron chi connectivity index (χ2n) is 6.91. The van der Waals surface area contributed by atoms with E-state index in [0.29, 0.717) is 16.5 Å². The number of aromatic nitrogens is 3. The highest BCUT2D eigenvalue weighted by molar-refractivity contribution is 9.10. The Kier molecular flexibility index (Phi) is 5.70. The van der Waals surface area contributed by atoms with Crippen LogP contribution >= 0.6 is 27.5 Å². The second-order valence-corrected chi connectivity index (χ2v) is 8.26. The van der Waals surface area contributed by atoms with Crippen LogP contribution in [0, 0.1) is 13.8 Å². The fraction of sp³-hybridized carbons (Fsp3) is 0.0870. The molecule has 0 fully saturated rings. The molecule has 150 valence electrons. The lowest BCUT2D eigenvalue weighted by molar-refractivity contribution is 0.101. The van der Waals surface area contributed by atoms with E-state index in [2.05, 4.69) is 38.3 Å². The van der Waals surface area contributed by atoms with E-state index in [1.807, 2.05) is 49.4 Å². The molecule has 7 heteroatoms. The van der Waals surface area contributed by atoms with Crippen molar-refractivity contribution in [2.24, 2.45) is 0 Å². The Morgan fingerprint density at radius 3 is 2.47 bits per heavy atom. The molecule has 0 bridgehead atoms. The number of benzene rings is 3. The van der Waals surface area contributed by atoms with Gasteiger partial charge in [-0.15, -0.1) is 5.10 Å². The average molecular weight is 482 g/mol. The quantitative estimate of drug-likeness (QED) is 0.376. The Labute approximate surface area is 187 Å². The summed E-state index contributed by atoms with van der Waals surface area (Å²) in [4.78, 5) is 17.4. The highest BCUT2D eigenvalue weighted by atomic mass is 79.9. The summed E-state index contributed by atoms with van der Waals surface area (Å²) in [6.45, 7) is 4.09. The van der Waals surface area contributed by atoms with E-state index in [1.165, 1.54) is 5.56 Å². The molecule has 0 aliphatic carbocycles. The Hall–Kier alpha value is -2.96. The van der Waals surface area contributed by atoms with Gasteiger partial charge in [0, 0.05) is 20.7 Å². The number of nitrogens with one attached hydrogen (secondary N) is 1. The zero-order chi connectivity index (χ0) is 21.3. The molecule has 0 aliphatic rings. The molecule has 4 aromatic rings. The molecule has 0 radical (unpaired) electrons. The largest absolute Gasteiger partial charge is 0.319 e. The molecule has 0 unspecified atom stereocenters. The number of halogens is 2.